The molecule has 100 valence electrons. The Morgan fingerprint density at radius 2 is 1.95 bits per heavy atom. The molecule has 0 atom stereocenters. The highest BCUT2D eigenvalue weighted by Crippen LogP contribution is 2.30. The molecule has 1 N–H and O–H groups in total. The lowest BCUT2D eigenvalue weighted by atomic mass is 10.2. The average molecular weight is 275 g/mol. The number of nitrogens with one attached hydrogen (secondary N) is 1. The van der Waals surface area contributed by atoms with E-state index in [-0.39, 0.29) is 0 Å². The van der Waals surface area contributed by atoms with Gasteiger partial charge in [0.15, 0.2) is 11.5 Å². The zero-order valence-corrected chi connectivity index (χ0v) is 11.8. The molecule has 0 amide bonds. The third kappa shape index (κ3) is 2.91. The van der Waals surface area contributed by atoms with Gasteiger partial charge in [-0.15, -0.1) is 0 Å². The lowest BCUT2D eigenvalue weighted by Gasteiger charge is -2.19. The summed E-state index contributed by atoms with van der Waals surface area (Å²) in [7, 11) is 0. The van der Waals surface area contributed by atoms with Gasteiger partial charge in [0.1, 0.15) is 13.2 Å². The van der Waals surface area contributed by atoms with E-state index in [2.05, 4.69) is 35.1 Å². The van der Waals surface area contributed by atoms with Gasteiger partial charge in [-0.1, -0.05) is 6.07 Å². The average Bonchev–Trinajstić information content (AvgIpc) is 2.84. The van der Waals surface area contributed by atoms with Crippen LogP contribution in [0.25, 0.3) is 0 Å². The fourth-order valence-corrected chi connectivity index (χ4v) is 2.96. The molecule has 0 saturated carbocycles. The van der Waals surface area contributed by atoms with Gasteiger partial charge in [0.2, 0.25) is 0 Å². The Bertz CT molecular complexity index is 565. The van der Waals surface area contributed by atoms with Crippen LogP contribution in [0.15, 0.2) is 29.0 Å². The lowest BCUT2D eigenvalue weighted by Crippen LogP contribution is -2.16. The first kappa shape index (κ1) is 12.5. The number of aryl methyl sites for hydroxylation is 1. The van der Waals surface area contributed by atoms with Crippen molar-refractivity contribution in [1.82, 2.24) is 5.32 Å². The van der Waals surface area contributed by atoms with Crippen molar-refractivity contribution in [1.29, 1.82) is 0 Å². The molecule has 3 rings (SSSR count). The summed E-state index contributed by atoms with van der Waals surface area (Å²) in [6.45, 7) is 5.17. The summed E-state index contributed by atoms with van der Waals surface area (Å²) in [5.41, 5.74) is 3.96. The van der Waals surface area contributed by atoms with Gasteiger partial charge >= 0.3 is 0 Å². The molecule has 4 heteroatoms. The van der Waals surface area contributed by atoms with Gasteiger partial charge in [-0.3, -0.25) is 0 Å². The Labute approximate surface area is 117 Å². The number of rotatable bonds is 4. The minimum atomic E-state index is 0.637. The van der Waals surface area contributed by atoms with Crippen molar-refractivity contribution >= 4 is 11.3 Å². The van der Waals surface area contributed by atoms with Crippen molar-refractivity contribution < 1.29 is 9.47 Å². The molecule has 0 fully saturated rings. The van der Waals surface area contributed by atoms with E-state index in [4.69, 9.17) is 9.47 Å². The van der Waals surface area contributed by atoms with E-state index in [1.165, 1.54) is 16.7 Å². The number of hydrogen-bond donors (Lipinski definition) is 1. The molecule has 0 spiro atoms. The molecule has 1 aromatic heterocycles. The van der Waals surface area contributed by atoms with Gasteiger partial charge < -0.3 is 14.8 Å². The predicted molar refractivity (Wildman–Crippen MR) is 77.0 cm³/mol. The number of fused-ring (bicyclic) bond motifs is 1. The number of benzene rings is 1. The molecule has 1 aliphatic rings. The van der Waals surface area contributed by atoms with Gasteiger partial charge in [-0.25, -0.2) is 0 Å². The molecule has 19 heavy (non-hydrogen) atoms. The van der Waals surface area contributed by atoms with E-state index < -0.39 is 0 Å². The molecule has 2 heterocycles. The van der Waals surface area contributed by atoms with E-state index >= 15 is 0 Å². The quantitative estimate of drug-likeness (QED) is 0.930. The number of ether oxygens (including phenoxy) is 2. The number of thiophene rings is 1. The van der Waals surface area contributed by atoms with Crippen LogP contribution >= 0.6 is 11.3 Å². The fraction of sp³-hybridized carbons (Fsp3) is 0.333. The van der Waals surface area contributed by atoms with Crippen LogP contribution in [0.3, 0.4) is 0 Å². The van der Waals surface area contributed by atoms with Gasteiger partial charge in [0.05, 0.1) is 0 Å². The summed E-state index contributed by atoms with van der Waals surface area (Å²) in [5.74, 6) is 1.71. The molecule has 1 aromatic carbocycles. The van der Waals surface area contributed by atoms with E-state index in [0.717, 1.165) is 24.6 Å². The second-order valence-electron chi connectivity index (χ2n) is 4.66. The van der Waals surface area contributed by atoms with Crippen LogP contribution in [-0.4, -0.2) is 13.2 Å². The lowest BCUT2D eigenvalue weighted by molar-refractivity contribution is 0.171. The second-order valence-corrected chi connectivity index (χ2v) is 5.41. The molecular weight excluding hydrogens is 258 g/mol. The van der Waals surface area contributed by atoms with Crippen LogP contribution in [0, 0.1) is 6.92 Å². The third-order valence-corrected chi connectivity index (χ3v) is 4.12. The van der Waals surface area contributed by atoms with Crippen LogP contribution in [0.5, 0.6) is 11.5 Å². The minimum Gasteiger partial charge on any atom is -0.486 e. The topological polar surface area (TPSA) is 30.5 Å². The van der Waals surface area contributed by atoms with Crippen molar-refractivity contribution in [2.24, 2.45) is 0 Å². The second kappa shape index (κ2) is 5.63. The van der Waals surface area contributed by atoms with Crippen molar-refractivity contribution in [3.63, 3.8) is 0 Å². The molecule has 0 aliphatic carbocycles. The normalized spacial score (nSPS) is 13.5. The van der Waals surface area contributed by atoms with Crippen LogP contribution in [0.4, 0.5) is 0 Å². The van der Waals surface area contributed by atoms with Crippen molar-refractivity contribution in [3.8, 4) is 11.5 Å². The van der Waals surface area contributed by atoms with E-state index in [1.54, 1.807) is 11.3 Å². The van der Waals surface area contributed by atoms with Crippen molar-refractivity contribution in [2.45, 2.75) is 20.0 Å². The molecule has 0 saturated heterocycles. The van der Waals surface area contributed by atoms with E-state index in [9.17, 15) is 0 Å². The first-order valence-corrected chi connectivity index (χ1v) is 7.38. The standard InChI is InChI=1S/C15H17NO2S/c1-11-9-19-10-13(11)8-16-7-12-2-3-14-15(6-12)18-5-4-17-14/h2-3,6,9-10,16H,4-5,7-8H2,1H3. The highest BCUT2D eigenvalue weighted by atomic mass is 32.1. The molecule has 0 radical (unpaired) electrons. The Kier molecular flexibility index (Phi) is 3.71. The van der Waals surface area contributed by atoms with Gasteiger partial charge in [-0.05, 0) is 46.5 Å². The first-order chi connectivity index (χ1) is 9.33. The summed E-state index contributed by atoms with van der Waals surface area (Å²) < 4.78 is 11.1. The third-order valence-electron chi connectivity index (χ3n) is 3.21. The zero-order valence-electron chi connectivity index (χ0n) is 10.9. The van der Waals surface area contributed by atoms with Crippen LogP contribution in [-0.2, 0) is 13.1 Å². The summed E-state index contributed by atoms with van der Waals surface area (Å²) in [6, 6.07) is 6.13. The summed E-state index contributed by atoms with van der Waals surface area (Å²) in [6.07, 6.45) is 0. The minimum absolute atomic E-state index is 0.637. The SMILES string of the molecule is Cc1cscc1CNCc1ccc2c(c1)OCCO2. The van der Waals surface area contributed by atoms with Crippen LogP contribution < -0.4 is 14.8 Å². The molecule has 0 bridgehead atoms. The molecule has 0 unspecified atom stereocenters. The Morgan fingerprint density at radius 1 is 1.11 bits per heavy atom. The molecule has 1 aliphatic heterocycles. The summed E-state index contributed by atoms with van der Waals surface area (Å²) >= 11 is 1.75. The van der Waals surface area contributed by atoms with Crippen molar-refractivity contribution in [3.05, 3.63) is 45.6 Å². The first-order valence-electron chi connectivity index (χ1n) is 6.44. The Morgan fingerprint density at radius 3 is 2.74 bits per heavy atom. The van der Waals surface area contributed by atoms with E-state index in [0.29, 0.717) is 13.2 Å². The molecule has 3 nitrogen and oxygen atoms in total. The van der Waals surface area contributed by atoms with Gasteiger partial charge in [0.25, 0.3) is 0 Å². The Balaban J connectivity index is 1.59. The van der Waals surface area contributed by atoms with Crippen LogP contribution in [0.2, 0.25) is 0 Å². The highest BCUT2D eigenvalue weighted by molar-refractivity contribution is 7.08. The highest BCUT2D eigenvalue weighted by Gasteiger charge is 2.11. The Hall–Kier alpha value is -1.52. The maximum Gasteiger partial charge on any atom is 0.161 e. The summed E-state index contributed by atoms with van der Waals surface area (Å²) in [5, 5.41) is 7.84. The zero-order chi connectivity index (χ0) is 13.1. The largest absolute Gasteiger partial charge is 0.486 e. The molecule has 2 aromatic rings. The van der Waals surface area contributed by atoms with Gasteiger partial charge in [-0.2, -0.15) is 11.3 Å². The predicted octanol–water partition coefficient (Wildman–Crippen LogP) is 3.12. The molecular formula is C15H17NO2S. The van der Waals surface area contributed by atoms with E-state index in [1.807, 2.05) is 6.07 Å². The maximum atomic E-state index is 5.58. The maximum absolute atomic E-state index is 5.58. The van der Waals surface area contributed by atoms with Crippen molar-refractivity contribution in [2.75, 3.05) is 13.2 Å². The van der Waals surface area contributed by atoms with Gasteiger partial charge in [0, 0.05) is 13.1 Å². The fourth-order valence-electron chi connectivity index (χ4n) is 2.11. The monoisotopic (exact) mass is 275 g/mol. The van der Waals surface area contributed by atoms with Crippen LogP contribution in [0.1, 0.15) is 16.7 Å². The smallest absolute Gasteiger partial charge is 0.161 e. The summed E-state index contributed by atoms with van der Waals surface area (Å²) in [4.78, 5) is 0. The number of hydrogen-bond acceptors (Lipinski definition) is 4.